The van der Waals surface area contributed by atoms with E-state index in [1.807, 2.05) is 6.92 Å². The van der Waals surface area contributed by atoms with Crippen molar-refractivity contribution in [2.24, 2.45) is 5.16 Å². The predicted molar refractivity (Wildman–Crippen MR) is 66.5 cm³/mol. The summed E-state index contributed by atoms with van der Waals surface area (Å²) in [7, 11) is 0. The van der Waals surface area contributed by atoms with Gasteiger partial charge in [-0.2, -0.15) is 9.36 Å². The Balaban J connectivity index is 2.17. The summed E-state index contributed by atoms with van der Waals surface area (Å²) in [5, 5.41) is 13.0. The smallest absolute Gasteiger partial charge is 0.362 e. The number of rotatable bonds is 4. The zero-order chi connectivity index (χ0) is 13.2. The van der Waals surface area contributed by atoms with Crippen LogP contribution in [-0.2, 0) is 9.63 Å². The van der Waals surface area contributed by atoms with E-state index in [1.165, 1.54) is 0 Å². The van der Waals surface area contributed by atoms with Gasteiger partial charge in [0.05, 0.1) is 0 Å². The number of anilines is 1. The van der Waals surface area contributed by atoms with E-state index in [4.69, 9.17) is 15.7 Å². The SMILES string of the molecule is CC1(O/N=C(\C(=O)O)c2nsc(N)n2)CCCC1. The second-order valence-corrected chi connectivity index (χ2v) is 5.23. The van der Waals surface area contributed by atoms with Crippen molar-refractivity contribution in [1.29, 1.82) is 0 Å². The highest BCUT2D eigenvalue weighted by molar-refractivity contribution is 7.09. The molecular weight excluding hydrogens is 256 g/mol. The summed E-state index contributed by atoms with van der Waals surface area (Å²) >= 11 is 0.924. The lowest BCUT2D eigenvalue weighted by molar-refractivity contribution is -0.129. The van der Waals surface area contributed by atoms with E-state index in [-0.39, 0.29) is 22.3 Å². The molecule has 0 bridgehead atoms. The Morgan fingerprint density at radius 2 is 2.22 bits per heavy atom. The Morgan fingerprint density at radius 1 is 1.56 bits per heavy atom. The molecule has 0 radical (unpaired) electrons. The Kier molecular flexibility index (Phi) is 3.46. The Morgan fingerprint density at radius 3 is 2.72 bits per heavy atom. The first kappa shape index (κ1) is 12.7. The maximum Gasteiger partial charge on any atom is 0.362 e. The maximum absolute atomic E-state index is 11.1. The van der Waals surface area contributed by atoms with Crippen LogP contribution in [0.4, 0.5) is 5.13 Å². The highest BCUT2D eigenvalue weighted by Crippen LogP contribution is 2.32. The lowest BCUT2D eigenvalue weighted by Crippen LogP contribution is -2.24. The molecule has 0 saturated heterocycles. The average Bonchev–Trinajstić information content (AvgIpc) is 2.89. The topological polar surface area (TPSA) is 111 Å². The van der Waals surface area contributed by atoms with Gasteiger partial charge in [0.25, 0.3) is 0 Å². The highest BCUT2D eigenvalue weighted by Gasteiger charge is 2.32. The van der Waals surface area contributed by atoms with Crippen molar-refractivity contribution in [3.8, 4) is 0 Å². The molecule has 1 heterocycles. The minimum absolute atomic E-state index is 0.00778. The fourth-order valence-electron chi connectivity index (χ4n) is 1.88. The molecule has 0 spiro atoms. The van der Waals surface area contributed by atoms with Crippen LogP contribution in [-0.4, -0.2) is 31.7 Å². The van der Waals surface area contributed by atoms with Crippen LogP contribution in [0.5, 0.6) is 0 Å². The Labute approximate surface area is 108 Å². The van der Waals surface area contributed by atoms with Gasteiger partial charge >= 0.3 is 5.97 Å². The minimum atomic E-state index is -1.23. The summed E-state index contributed by atoms with van der Waals surface area (Å²) in [6.07, 6.45) is 3.87. The second kappa shape index (κ2) is 4.89. The van der Waals surface area contributed by atoms with Gasteiger partial charge < -0.3 is 15.7 Å². The van der Waals surface area contributed by atoms with Crippen LogP contribution in [0.3, 0.4) is 0 Å². The fraction of sp³-hybridized carbons (Fsp3) is 0.600. The van der Waals surface area contributed by atoms with Gasteiger partial charge in [-0.1, -0.05) is 5.16 Å². The molecule has 1 aromatic heterocycles. The molecule has 1 aliphatic rings. The van der Waals surface area contributed by atoms with Crippen molar-refractivity contribution in [2.75, 3.05) is 5.73 Å². The first-order valence-corrected chi connectivity index (χ1v) is 6.36. The van der Waals surface area contributed by atoms with Crippen molar-refractivity contribution >= 4 is 28.3 Å². The average molecular weight is 270 g/mol. The number of aliphatic carboxylic acids is 1. The number of hydrogen-bond acceptors (Lipinski definition) is 7. The number of nitrogen functional groups attached to an aromatic ring is 1. The van der Waals surface area contributed by atoms with Gasteiger partial charge in [0.15, 0.2) is 5.13 Å². The van der Waals surface area contributed by atoms with Crippen molar-refractivity contribution in [1.82, 2.24) is 9.36 Å². The Bertz CT molecular complexity index is 479. The molecule has 0 aromatic carbocycles. The van der Waals surface area contributed by atoms with Crippen molar-refractivity contribution in [3.05, 3.63) is 5.82 Å². The van der Waals surface area contributed by atoms with E-state index in [0.29, 0.717) is 0 Å². The molecule has 0 amide bonds. The van der Waals surface area contributed by atoms with Gasteiger partial charge in [-0.25, -0.2) is 4.79 Å². The van der Waals surface area contributed by atoms with Crippen LogP contribution in [0.25, 0.3) is 0 Å². The molecule has 1 fully saturated rings. The normalized spacial score (nSPS) is 18.8. The third-order valence-corrected chi connectivity index (χ3v) is 3.42. The fourth-order valence-corrected chi connectivity index (χ4v) is 2.31. The lowest BCUT2D eigenvalue weighted by Gasteiger charge is -2.20. The lowest BCUT2D eigenvalue weighted by atomic mass is 10.1. The van der Waals surface area contributed by atoms with E-state index >= 15 is 0 Å². The minimum Gasteiger partial charge on any atom is -0.476 e. The van der Waals surface area contributed by atoms with Crippen LogP contribution in [0.2, 0.25) is 0 Å². The van der Waals surface area contributed by atoms with Crippen LogP contribution in [0, 0.1) is 0 Å². The third kappa shape index (κ3) is 2.76. The van der Waals surface area contributed by atoms with Crippen molar-refractivity contribution in [2.45, 2.75) is 38.2 Å². The zero-order valence-electron chi connectivity index (χ0n) is 9.92. The summed E-state index contributed by atoms with van der Waals surface area (Å²) < 4.78 is 3.82. The third-order valence-electron chi connectivity index (χ3n) is 2.87. The summed E-state index contributed by atoms with van der Waals surface area (Å²) in [5.74, 6) is -1.24. The molecule has 2 rings (SSSR count). The molecule has 3 N–H and O–H groups in total. The molecule has 1 aromatic rings. The highest BCUT2D eigenvalue weighted by atomic mass is 32.1. The molecule has 98 valence electrons. The number of carboxylic acid groups (broad SMARTS) is 1. The molecule has 0 atom stereocenters. The first-order chi connectivity index (χ1) is 8.50. The van der Waals surface area contributed by atoms with Gasteiger partial charge in [-0.15, -0.1) is 0 Å². The zero-order valence-corrected chi connectivity index (χ0v) is 10.7. The van der Waals surface area contributed by atoms with Gasteiger partial charge in [0, 0.05) is 11.5 Å². The molecule has 0 unspecified atom stereocenters. The van der Waals surface area contributed by atoms with Gasteiger partial charge in [-0.05, 0) is 32.6 Å². The molecule has 0 aliphatic heterocycles. The molecule has 1 saturated carbocycles. The van der Waals surface area contributed by atoms with E-state index in [9.17, 15) is 4.79 Å². The van der Waals surface area contributed by atoms with Crippen molar-refractivity contribution < 1.29 is 14.7 Å². The largest absolute Gasteiger partial charge is 0.476 e. The van der Waals surface area contributed by atoms with Crippen LogP contribution in [0.15, 0.2) is 5.16 Å². The van der Waals surface area contributed by atoms with Crippen LogP contribution < -0.4 is 5.73 Å². The number of oxime groups is 1. The number of aromatic nitrogens is 2. The standard InChI is InChI=1S/C10H14N4O3S/c1-10(4-2-3-5-10)17-13-6(8(15)16)7-12-9(11)18-14-7/h2-5H2,1H3,(H,15,16)(H2,11,12,14)/b13-6-. The van der Waals surface area contributed by atoms with E-state index in [1.54, 1.807) is 0 Å². The van der Waals surface area contributed by atoms with Crippen LogP contribution in [0.1, 0.15) is 38.4 Å². The summed E-state index contributed by atoms with van der Waals surface area (Å²) in [5.41, 5.74) is 4.72. The quantitative estimate of drug-likeness (QED) is 0.629. The van der Waals surface area contributed by atoms with Gasteiger partial charge in [0.2, 0.25) is 11.5 Å². The van der Waals surface area contributed by atoms with E-state index in [2.05, 4.69) is 14.5 Å². The molecular formula is C10H14N4O3S. The monoisotopic (exact) mass is 270 g/mol. The van der Waals surface area contributed by atoms with E-state index in [0.717, 1.165) is 37.2 Å². The number of carboxylic acids is 1. The van der Waals surface area contributed by atoms with Crippen molar-refractivity contribution in [3.63, 3.8) is 0 Å². The molecule has 7 nitrogen and oxygen atoms in total. The number of nitrogens with zero attached hydrogens (tertiary/aromatic N) is 3. The molecule has 1 aliphatic carbocycles. The van der Waals surface area contributed by atoms with E-state index < -0.39 is 5.97 Å². The number of hydrogen-bond donors (Lipinski definition) is 2. The van der Waals surface area contributed by atoms with Crippen LogP contribution >= 0.6 is 11.5 Å². The summed E-state index contributed by atoms with van der Waals surface area (Å²) in [6.45, 7) is 1.92. The molecule has 18 heavy (non-hydrogen) atoms. The molecule has 8 heteroatoms. The van der Waals surface area contributed by atoms with Gasteiger partial charge in [0.1, 0.15) is 5.60 Å². The number of nitrogens with two attached hydrogens (primary N) is 1. The van der Waals surface area contributed by atoms with Gasteiger partial charge in [-0.3, -0.25) is 0 Å². The second-order valence-electron chi connectivity index (χ2n) is 4.45. The maximum atomic E-state index is 11.1. The Hall–Kier alpha value is -1.70. The number of carbonyl (C=O) groups is 1. The summed E-state index contributed by atoms with van der Waals surface area (Å²) in [6, 6.07) is 0. The summed E-state index contributed by atoms with van der Waals surface area (Å²) in [4.78, 5) is 20.3. The first-order valence-electron chi connectivity index (χ1n) is 5.59. The predicted octanol–water partition coefficient (Wildman–Crippen LogP) is 1.26.